The predicted molar refractivity (Wildman–Crippen MR) is 92.4 cm³/mol. The zero-order valence-electron chi connectivity index (χ0n) is 14.2. The molecular formula is C18H26ClFN2O. The summed E-state index contributed by atoms with van der Waals surface area (Å²) in [7, 11) is 1.77. The van der Waals surface area contributed by atoms with Gasteiger partial charge in [-0.25, -0.2) is 4.39 Å². The quantitative estimate of drug-likeness (QED) is 0.807. The number of hydrogen-bond donors (Lipinski definition) is 0. The Labute approximate surface area is 143 Å². The summed E-state index contributed by atoms with van der Waals surface area (Å²) >= 11 is 5.77. The third-order valence-electron chi connectivity index (χ3n) is 4.64. The number of nitrogens with zero attached hydrogens (tertiary/aromatic N) is 2. The van der Waals surface area contributed by atoms with E-state index in [4.69, 9.17) is 11.6 Å². The molecule has 0 unspecified atom stereocenters. The van der Waals surface area contributed by atoms with Gasteiger partial charge in [-0.05, 0) is 50.0 Å². The number of piperidine rings is 1. The van der Waals surface area contributed by atoms with Crippen molar-refractivity contribution in [3.05, 3.63) is 34.6 Å². The fourth-order valence-corrected chi connectivity index (χ4v) is 3.35. The lowest BCUT2D eigenvalue weighted by molar-refractivity contribution is 0.0606. The highest BCUT2D eigenvalue weighted by atomic mass is 35.5. The van der Waals surface area contributed by atoms with Crippen LogP contribution in [0.2, 0.25) is 5.02 Å². The van der Waals surface area contributed by atoms with Gasteiger partial charge in [0.2, 0.25) is 0 Å². The summed E-state index contributed by atoms with van der Waals surface area (Å²) < 4.78 is 14.0. The van der Waals surface area contributed by atoms with Crippen molar-refractivity contribution in [2.75, 3.05) is 26.7 Å². The topological polar surface area (TPSA) is 23.6 Å². The van der Waals surface area contributed by atoms with Crippen LogP contribution in [0.1, 0.15) is 43.5 Å². The first-order chi connectivity index (χ1) is 10.9. The largest absolute Gasteiger partial charge is 0.337 e. The molecule has 2 rings (SSSR count). The van der Waals surface area contributed by atoms with Gasteiger partial charge >= 0.3 is 0 Å². The maximum absolute atomic E-state index is 14.0. The molecule has 1 aliphatic heterocycles. The Kier molecular flexibility index (Phi) is 6.42. The maximum Gasteiger partial charge on any atom is 0.256 e. The van der Waals surface area contributed by atoms with Crippen LogP contribution in [-0.2, 0) is 0 Å². The van der Waals surface area contributed by atoms with Gasteiger partial charge in [0.1, 0.15) is 5.82 Å². The summed E-state index contributed by atoms with van der Waals surface area (Å²) in [5.74, 6) is -0.536. The minimum atomic E-state index is -0.560. The highest BCUT2D eigenvalue weighted by Crippen LogP contribution is 2.20. The molecule has 1 aromatic rings. The number of carbonyl (C=O) groups excluding carboxylic acids is 1. The van der Waals surface area contributed by atoms with Crippen LogP contribution in [0.25, 0.3) is 0 Å². The Morgan fingerprint density at radius 3 is 2.52 bits per heavy atom. The Balaban J connectivity index is 2.12. The monoisotopic (exact) mass is 340 g/mol. The van der Waals surface area contributed by atoms with Crippen molar-refractivity contribution >= 4 is 17.5 Å². The smallest absolute Gasteiger partial charge is 0.256 e. The number of benzene rings is 1. The number of likely N-dealkylation sites (tertiary alicyclic amines) is 1. The lowest BCUT2D eigenvalue weighted by Gasteiger charge is -2.37. The Morgan fingerprint density at radius 2 is 1.96 bits per heavy atom. The van der Waals surface area contributed by atoms with E-state index < -0.39 is 5.82 Å². The summed E-state index contributed by atoms with van der Waals surface area (Å²) in [6.45, 7) is 7.23. The van der Waals surface area contributed by atoms with Crippen molar-refractivity contribution < 1.29 is 9.18 Å². The molecule has 0 radical (unpaired) electrons. The van der Waals surface area contributed by atoms with E-state index in [1.54, 1.807) is 18.0 Å². The van der Waals surface area contributed by atoms with Gasteiger partial charge in [-0.3, -0.25) is 4.79 Å². The minimum absolute atomic E-state index is 0.0654. The van der Waals surface area contributed by atoms with Crippen molar-refractivity contribution in [1.29, 1.82) is 0 Å². The second kappa shape index (κ2) is 8.11. The van der Waals surface area contributed by atoms with Gasteiger partial charge in [-0.2, -0.15) is 0 Å². The fraction of sp³-hybridized carbons (Fsp3) is 0.611. The molecule has 0 saturated carbocycles. The molecule has 0 aromatic heterocycles. The van der Waals surface area contributed by atoms with Crippen LogP contribution in [0.4, 0.5) is 4.39 Å². The molecule has 0 N–H and O–H groups in total. The minimum Gasteiger partial charge on any atom is -0.337 e. The van der Waals surface area contributed by atoms with Crippen LogP contribution in [0.3, 0.4) is 0 Å². The second-order valence-corrected chi connectivity index (χ2v) is 7.15. The van der Waals surface area contributed by atoms with Crippen LogP contribution in [-0.4, -0.2) is 48.4 Å². The van der Waals surface area contributed by atoms with E-state index in [0.29, 0.717) is 10.9 Å². The average Bonchev–Trinajstić information content (AvgIpc) is 2.52. The average molecular weight is 341 g/mol. The summed E-state index contributed by atoms with van der Waals surface area (Å²) in [5.41, 5.74) is 0.0844. The molecule has 1 atom stereocenters. The summed E-state index contributed by atoms with van der Waals surface area (Å²) in [4.78, 5) is 16.8. The molecule has 1 aromatic carbocycles. The van der Waals surface area contributed by atoms with Gasteiger partial charge in [-0.1, -0.05) is 31.9 Å². The molecule has 3 nitrogen and oxygen atoms in total. The van der Waals surface area contributed by atoms with Gasteiger partial charge in [0, 0.05) is 24.7 Å². The van der Waals surface area contributed by atoms with Crippen molar-refractivity contribution in [3.8, 4) is 0 Å². The van der Waals surface area contributed by atoms with Crippen LogP contribution < -0.4 is 0 Å². The van der Waals surface area contributed by atoms with E-state index in [1.165, 1.54) is 31.4 Å². The molecule has 1 aliphatic rings. The Morgan fingerprint density at radius 1 is 1.30 bits per heavy atom. The van der Waals surface area contributed by atoms with Crippen molar-refractivity contribution in [1.82, 2.24) is 9.80 Å². The Hall–Kier alpha value is -1.13. The number of likely N-dealkylation sites (N-methyl/N-ethyl adjacent to an activating group) is 1. The van der Waals surface area contributed by atoms with Crippen LogP contribution >= 0.6 is 11.6 Å². The van der Waals surface area contributed by atoms with E-state index in [0.717, 1.165) is 19.6 Å². The molecule has 23 heavy (non-hydrogen) atoms. The van der Waals surface area contributed by atoms with E-state index in [2.05, 4.69) is 18.7 Å². The molecule has 0 spiro atoms. The first-order valence-electron chi connectivity index (χ1n) is 8.34. The molecule has 128 valence electrons. The number of carbonyl (C=O) groups is 1. The second-order valence-electron chi connectivity index (χ2n) is 6.71. The maximum atomic E-state index is 14.0. The molecule has 0 bridgehead atoms. The van der Waals surface area contributed by atoms with Crippen LogP contribution in [0.15, 0.2) is 18.2 Å². The van der Waals surface area contributed by atoms with Gasteiger partial charge < -0.3 is 9.80 Å². The van der Waals surface area contributed by atoms with Crippen molar-refractivity contribution in [2.45, 2.75) is 39.2 Å². The summed E-state index contributed by atoms with van der Waals surface area (Å²) in [5, 5.41) is 0.301. The molecular weight excluding hydrogens is 315 g/mol. The van der Waals surface area contributed by atoms with Gasteiger partial charge in [0.25, 0.3) is 5.91 Å². The van der Waals surface area contributed by atoms with E-state index >= 15 is 0 Å². The summed E-state index contributed by atoms with van der Waals surface area (Å²) in [6.07, 6.45) is 3.72. The van der Waals surface area contributed by atoms with E-state index in [1.807, 2.05) is 0 Å². The first-order valence-corrected chi connectivity index (χ1v) is 8.72. The van der Waals surface area contributed by atoms with E-state index in [9.17, 15) is 9.18 Å². The zero-order valence-corrected chi connectivity index (χ0v) is 14.9. The molecule has 1 heterocycles. The van der Waals surface area contributed by atoms with Gasteiger partial charge in [0.05, 0.1) is 5.56 Å². The fourth-order valence-electron chi connectivity index (χ4n) is 3.19. The van der Waals surface area contributed by atoms with Gasteiger partial charge in [-0.15, -0.1) is 0 Å². The normalized spacial score (nSPS) is 17.3. The Bertz CT molecular complexity index is 544. The molecule has 0 aliphatic carbocycles. The number of amides is 1. The first kappa shape index (κ1) is 18.2. The number of rotatable bonds is 5. The standard InChI is InChI=1S/C18H26ClFN2O/c1-13(2)17(12-22-9-5-4-6-10-22)21(3)18(23)15-8-7-14(19)11-16(15)20/h7-8,11,13,17H,4-6,9-10,12H2,1-3H3/t17-/m1/s1. The molecule has 1 saturated heterocycles. The SMILES string of the molecule is CC(C)[C@@H](CN1CCCCC1)N(C)C(=O)c1ccc(Cl)cc1F. The van der Waals surface area contributed by atoms with Gasteiger partial charge in [0.15, 0.2) is 0 Å². The number of hydrogen-bond acceptors (Lipinski definition) is 2. The lowest BCUT2D eigenvalue weighted by atomic mass is 10.00. The molecule has 5 heteroatoms. The zero-order chi connectivity index (χ0) is 17.0. The third kappa shape index (κ3) is 4.67. The summed E-state index contributed by atoms with van der Waals surface area (Å²) in [6, 6.07) is 4.28. The molecule has 1 amide bonds. The predicted octanol–water partition coefficient (Wildman–Crippen LogP) is 4.06. The number of halogens is 2. The van der Waals surface area contributed by atoms with Crippen molar-refractivity contribution in [2.24, 2.45) is 5.92 Å². The van der Waals surface area contributed by atoms with Crippen molar-refractivity contribution in [3.63, 3.8) is 0 Å². The molecule has 1 fully saturated rings. The lowest BCUT2D eigenvalue weighted by Crippen LogP contribution is -2.49. The van der Waals surface area contributed by atoms with Crippen LogP contribution in [0.5, 0.6) is 0 Å². The highest BCUT2D eigenvalue weighted by molar-refractivity contribution is 6.30. The third-order valence-corrected chi connectivity index (χ3v) is 4.88. The van der Waals surface area contributed by atoms with Crippen LogP contribution in [0, 0.1) is 11.7 Å². The van der Waals surface area contributed by atoms with E-state index in [-0.39, 0.29) is 17.5 Å². The highest BCUT2D eigenvalue weighted by Gasteiger charge is 2.28.